The van der Waals surface area contributed by atoms with Crippen molar-refractivity contribution < 1.29 is 4.79 Å². The third-order valence-corrected chi connectivity index (χ3v) is 1.63. The van der Waals surface area contributed by atoms with Gasteiger partial charge in [0.1, 0.15) is 6.34 Å². The van der Waals surface area contributed by atoms with Gasteiger partial charge < -0.3 is 11.2 Å². The molecular weight excluding hydrogens is 194 g/mol. The van der Waals surface area contributed by atoms with Gasteiger partial charge in [0, 0.05) is 18.7 Å². The van der Waals surface area contributed by atoms with Crippen LogP contribution in [0, 0.1) is 5.92 Å². The van der Waals surface area contributed by atoms with Crippen LogP contribution >= 0.6 is 0 Å². The Morgan fingerprint density at radius 2 is 2.27 bits per heavy atom. The van der Waals surface area contributed by atoms with Crippen LogP contribution in [0.5, 0.6) is 0 Å². The number of carbonyl (C=O) groups is 1. The van der Waals surface area contributed by atoms with Gasteiger partial charge in [-0.2, -0.15) is 10.2 Å². The van der Waals surface area contributed by atoms with Crippen LogP contribution in [0.15, 0.2) is 10.2 Å². The van der Waals surface area contributed by atoms with E-state index in [0.717, 1.165) is 0 Å². The van der Waals surface area contributed by atoms with Gasteiger partial charge in [-0.25, -0.2) is 0 Å². The van der Waals surface area contributed by atoms with Crippen LogP contribution in [-0.4, -0.2) is 36.6 Å². The first-order valence-corrected chi connectivity index (χ1v) is 4.88. The number of nitrogens with one attached hydrogen (secondary N) is 1. The minimum Gasteiger partial charge on any atom is -0.354 e. The number of hydrogen-bond donors (Lipinski definition) is 2. The number of hydrogen-bond acceptors (Lipinski definition) is 4. The van der Waals surface area contributed by atoms with E-state index in [-0.39, 0.29) is 11.8 Å². The number of carbonyl (C=O) groups excluding carboxylic acids is 1. The van der Waals surface area contributed by atoms with Crippen molar-refractivity contribution in [2.75, 3.05) is 13.1 Å². The molecule has 1 amide bonds. The lowest BCUT2D eigenvalue weighted by Crippen LogP contribution is -2.34. The van der Waals surface area contributed by atoms with Crippen LogP contribution in [0.2, 0.25) is 0 Å². The van der Waals surface area contributed by atoms with Crippen molar-refractivity contribution in [1.29, 1.82) is 0 Å². The second-order valence-corrected chi connectivity index (χ2v) is 3.25. The summed E-state index contributed by atoms with van der Waals surface area (Å²) < 4.78 is 0. The van der Waals surface area contributed by atoms with E-state index in [0.29, 0.717) is 13.1 Å². The lowest BCUT2D eigenvalue weighted by atomic mass is 10.2. The molecule has 0 spiro atoms. The van der Waals surface area contributed by atoms with E-state index < -0.39 is 0 Å². The Morgan fingerprint density at radius 3 is 2.73 bits per heavy atom. The Labute approximate surface area is 90.2 Å². The van der Waals surface area contributed by atoms with Crippen LogP contribution in [0.1, 0.15) is 20.8 Å². The largest absolute Gasteiger partial charge is 0.354 e. The summed E-state index contributed by atoms with van der Waals surface area (Å²) in [4.78, 5) is 11.2. The highest BCUT2D eigenvalue weighted by Crippen LogP contribution is 1.90. The molecule has 0 aromatic heterocycles. The molecule has 0 heterocycles. The lowest BCUT2D eigenvalue weighted by molar-refractivity contribution is -0.123. The van der Waals surface area contributed by atoms with Crippen molar-refractivity contribution in [3.8, 4) is 0 Å². The number of rotatable bonds is 6. The molecular formula is C9H19N5O. The molecule has 0 atom stereocenters. The van der Waals surface area contributed by atoms with Crippen molar-refractivity contribution in [2.45, 2.75) is 20.8 Å². The summed E-state index contributed by atoms with van der Waals surface area (Å²) in [6, 6.07) is 0. The van der Waals surface area contributed by atoms with E-state index in [1.807, 2.05) is 13.8 Å². The Balaban J connectivity index is 3.85. The summed E-state index contributed by atoms with van der Waals surface area (Å²) in [6.07, 6.45) is 3.04. The van der Waals surface area contributed by atoms with E-state index >= 15 is 0 Å². The van der Waals surface area contributed by atoms with Crippen LogP contribution in [0.25, 0.3) is 0 Å². The summed E-state index contributed by atoms with van der Waals surface area (Å²) in [5.41, 5.74) is 0. The van der Waals surface area contributed by atoms with Gasteiger partial charge in [-0.3, -0.25) is 9.80 Å². The average Bonchev–Trinajstić information content (AvgIpc) is 2.18. The first-order valence-electron chi connectivity index (χ1n) is 4.88. The van der Waals surface area contributed by atoms with Crippen LogP contribution in [0.4, 0.5) is 0 Å². The van der Waals surface area contributed by atoms with Gasteiger partial charge in [0.2, 0.25) is 5.91 Å². The predicted molar refractivity (Wildman–Crippen MR) is 61.4 cm³/mol. The molecule has 0 bridgehead atoms. The Kier molecular flexibility index (Phi) is 6.96. The van der Waals surface area contributed by atoms with Crippen LogP contribution in [-0.2, 0) is 4.79 Å². The topological polar surface area (TPSA) is 83.1 Å². The molecule has 0 aromatic carbocycles. The van der Waals surface area contributed by atoms with E-state index in [9.17, 15) is 4.79 Å². The molecule has 0 aliphatic rings. The van der Waals surface area contributed by atoms with Gasteiger partial charge in [0.25, 0.3) is 0 Å². The molecule has 0 fully saturated rings. The zero-order valence-corrected chi connectivity index (χ0v) is 9.47. The first kappa shape index (κ1) is 13.4. The number of nitrogens with two attached hydrogens (primary N) is 1. The molecule has 0 aliphatic carbocycles. The zero-order chi connectivity index (χ0) is 11.7. The van der Waals surface area contributed by atoms with Crippen molar-refractivity contribution in [3.05, 3.63) is 0 Å². The normalized spacial score (nSPS) is 11.5. The van der Waals surface area contributed by atoms with Gasteiger partial charge in [-0.05, 0) is 6.92 Å². The molecule has 0 aliphatic heterocycles. The minimum atomic E-state index is -0.00342. The maximum atomic E-state index is 11.2. The number of amides is 1. The van der Waals surface area contributed by atoms with E-state index in [1.165, 1.54) is 6.34 Å². The fraction of sp³-hybridized carbons (Fsp3) is 0.667. The average molecular weight is 213 g/mol. The maximum Gasteiger partial charge on any atom is 0.222 e. The molecule has 86 valence electrons. The SMILES string of the molecule is C/C=N\N(/C=N\N)CCNC(=O)C(C)C. The fourth-order valence-electron chi connectivity index (χ4n) is 0.868. The molecule has 15 heavy (non-hydrogen) atoms. The van der Waals surface area contributed by atoms with Gasteiger partial charge in [0.15, 0.2) is 0 Å². The summed E-state index contributed by atoms with van der Waals surface area (Å²) >= 11 is 0. The molecule has 3 N–H and O–H groups in total. The molecule has 0 rings (SSSR count). The highest BCUT2D eigenvalue weighted by atomic mass is 16.1. The second-order valence-electron chi connectivity index (χ2n) is 3.25. The summed E-state index contributed by atoms with van der Waals surface area (Å²) in [7, 11) is 0. The molecule has 6 heteroatoms. The molecule has 0 radical (unpaired) electrons. The zero-order valence-electron chi connectivity index (χ0n) is 9.47. The first-order chi connectivity index (χ1) is 7.11. The third kappa shape index (κ3) is 6.48. The third-order valence-electron chi connectivity index (χ3n) is 1.63. The highest BCUT2D eigenvalue weighted by molar-refractivity contribution is 5.77. The lowest BCUT2D eigenvalue weighted by Gasteiger charge is -2.13. The summed E-state index contributed by atoms with van der Waals surface area (Å²) in [5.74, 6) is 5.03. The summed E-state index contributed by atoms with van der Waals surface area (Å²) in [5, 5.41) is 11.7. The number of nitrogens with zero attached hydrogens (tertiary/aromatic N) is 3. The van der Waals surface area contributed by atoms with Crippen molar-refractivity contribution in [3.63, 3.8) is 0 Å². The minimum absolute atomic E-state index is 0.00342. The molecule has 6 nitrogen and oxygen atoms in total. The summed E-state index contributed by atoms with van der Waals surface area (Å²) in [6.45, 7) is 6.55. The van der Waals surface area contributed by atoms with Crippen molar-refractivity contribution in [2.24, 2.45) is 22.0 Å². The maximum absolute atomic E-state index is 11.2. The Morgan fingerprint density at radius 1 is 1.60 bits per heavy atom. The standard InChI is InChI=1S/C9H19N5O/c1-4-13-14(7-12-10)6-5-11-9(15)8(2)3/h4,7-8H,5-6,10H2,1-3H3,(H,11,15)/b12-7-,13-4-. The van der Waals surface area contributed by atoms with Crippen molar-refractivity contribution in [1.82, 2.24) is 10.3 Å². The monoisotopic (exact) mass is 213 g/mol. The van der Waals surface area contributed by atoms with E-state index in [1.54, 1.807) is 18.1 Å². The number of hydrazone groups is 2. The quantitative estimate of drug-likeness (QED) is 0.281. The van der Waals surface area contributed by atoms with Crippen molar-refractivity contribution >= 4 is 18.5 Å². The smallest absolute Gasteiger partial charge is 0.222 e. The van der Waals surface area contributed by atoms with Gasteiger partial charge in [0.05, 0.1) is 6.54 Å². The van der Waals surface area contributed by atoms with Crippen LogP contribution < -0.4 is 11.2 Å². The van der Waals surface area contributed by atoms with E-state index in [4.69, 9.17) is 5.84 Å². The van der Waals surface area contributed by atoms with Crippen LogP contribution in [0.3, 0.4) is 0 Å². The van der Waals surface area contributed by atoms with Gasteiger partial charge in [-0.15, -0.1) is 0 Å². The molecule has 0 saturated carbocycles. The van der Waals surface area contributed by atoms with E-state index in [2.05, 4.69) is 15.5 Å². The highest BCUT2D eigenvalue weighted by Gasteiger charge is 2.05. The predicted octanol–water partition coefficient (Wildman–Crippen LogP) is -0.0317. The second kappa shape index (κ2) is 7.78. The Bertz CT molecular complexity index is 225. The molecule has 0 saturated heterocycles. The fourth-order valence-corrected chi connectivity index (χ4v) is 0.868. The van der Waals surface area contributed by atoms with Gasteiger partial charge >= 0.3 is 0 Å². The molecule has 0 aromatic rings. The van der Waals surface area contributed by atoms with Gasteiger partial charge in [-0.1, -0.05) is 13.8 Å². The Hall–Kier alpha value is -1.59. The molecule has 0 unspecified atom stereocenters.